The van der Waals surface area contributed by atoms with Crippen molar-refractivity contribution < 1.29 is 17.2 Å². The normalized spacial score (nSPS) is 12.1. The van der Waals surface area contributed by atoms with E-state index < -0.39 is 31.6 Å². The summed E-state index contributed by atoms with van der Waals surface area (Å²) in [6.45, 7) is 1.17. The lowest BCUT2D eigenvalue weighted by Gasteiger charge is -2.05. The first-order chi connectivity index (χ1) is 6.73. The SMILES string of the molecule is Cc1c(C(F)F)[nH]c(S(=O)(=O)Cl)cc1=O. The summed E-state index contributed by atoms with van der Waals surface area (Å²) in [5.41, 5.74) is -1.76. The maximum absolute atomic E-state index is 12.4. The predicted molar refractivity (Wildman–Crippen MR) is 49.8 cm³/mol. The van der Waals surface area contributed by atoms with E-state index >= 15 is 0 Å². The molecular weight excluding hydrogens is 252 g/mol. The molecule has 0 amide bonds. The molecule has 1 N–H and O–H groups in total. The molecule has 1 rings (SSSR count). The standard InChI is InChI=1S/C7H6ClF2NO3S/c1-3-4(12)2-5(15(8,13)14)11-6(3)7(9)10/h2,7H,1H3,(H,11,12). The lowest BCUT2D eigenvalue weighted by molar-refractivity contribution is 0.144. The Morgan fingerprint density at radius 1 is 1.47 bits per heavy atom. The van der Waals surface area contributed by atoms with Crippen LogP contribution in [0.25, 0.3) is 0 Å². The van der Waals surface area contributed by atoms with Crippen LogP contribution in [0.1, 0.15) is 17.7 Å². The largest absolute Gasteiger partial charge is 0.343 e. The van der Waals surface area contributed by atoms with Crippen LogP contribution in [0.5, 0.6) is 0 Å². The molecule has 0 aliphatic rings. The molecule has 0 unspecified atom stereocenters. The highest BCUT2D eigenvalue weighted by atomic mass is 35.7. The zero-order valence-electron chi connectivity index (χ0n) is 7.42. The van der Waals surface area contributed by atoms with Gasteiger partial charge in [0.1, 0.15) is 0 Å². The van der Waals surface area contributed by atoms with Crippen molar-refractivity contribution in [1.82, 2.24) is 4.98 Å². The molecule has 8 heteroatoms. The second-order valence-electron chi connectivity index (χ2n) is 2.78. The molecule has 0 atom stereocenters. The van der Waals surface area contributed by atoms with Crippen LogP contribution in [0.15, 0.2) is 15.9 Å². The van der Waals surface area contributed by atoms with Gasteiger partial charge in [-0.3, -0.25) is 4.79 Å². The second kappa shape index (κ2) is 3.90. The molecule has 0 bridgehead atoms. The molecule has 0 aromatic carbocycles. The Balaban J connectivity index is 3.58. The molecule has 1 aromatic rings. The number of aromatic amines is 1. The first-order valence-electron chi connectivity index (χ1n) is 3.70. The van der Waals surface area contributed by atoms with Crippen LogP contribution in [-0.4, -0.2) is 13.4 Å². The van der Waals surface area contributed by atoms with Gasteiger partial charge in [-0.1, -0.05) is 0 Å². The Morgan fingerprint density at radius 2 is 2.00 bits per heavy atom. The fourth-order valence-corrected chi connectivity index (χ4v) is 1.70. The average molecular weight is 258 g/mol. The van der Waals surface area contributed by atoms with Crippen molar-refractivity contribution in [2.24, 2.45) is 0 Å². The summed E-state index contributed by atoms with van der Waals surface area (Å²) in [5, 5.41) is -0.727. The Morgan fingerprint density at radius 3 is 2.40 bits per heavy atom. The first-order valence-corrected chi connectivity index (χ1v) is 6.01. The van der Waals surface area contributed by atoms with Crippen LogP contribution in [-0.2, 0) is 9.05 Å². The molecule has 15 heavy (non-hydrogen) atoms. The first kappa shape index (κ1) is 12.1. The minimum Gasteiger partial charge on any atom is -0.343 e. The van der Waals surface area contributed by atoms with Gasteiger partial charge in [0.05, 0.1) is 5.69 Å². The minimum absolute atomic E-state index is 0.228. The van der Waals surface area contributed by atoms with E-state index in [4.69, 9.17) is 10.7 Å². The van der Waals surface area contributed by atoms with Gasteiger partial charge in [0, 0.05) is 22.3 Å². The van der Waals surface area contributed by atoms with Gasteiger partial charge in [-0.2, -0.15) is 0 Å². The third-order valence-electron chi connectivity index (χ3n) is 1.77. The van der Waals surface area contributed by atoms with Crippen molar-refractivity contribution in [1.29, 1.82) is 0 Å². The summed E-state index contributed by atoms with van der Waals surface area (Å²) in [7, 11) is 0.702. The molecule has 0 fully saturated rings. The lowest BCUT2D eigenvalue weighted by Crippen LogP contribution is -2.13. The lowest BCUT2D eigenvalue weighted by atomic mass is 10.2. The molecule has 0 aliphatic carbocycles. The number of alkyl halides is 2. The highest BCUT2D eigenvalue weighted by Gasteiger charge is 2.19. The summed E-state index contributed by atoms with van der Waals surface area (Å²) in [4.78, 5) is 13.1. The van der Waals surface area contributed by atoms with Crippen LogP contribution in [0, 0.1) is 6.92 Å². The quantitative estimate of drug-likeness (QED) is 0.818. The van der Waals surface area contributed by atoms with E-state index in [0.717, 1.165) is 0 Å². The molecule has 4 nitrogen and oxygen atoms in total. The maximum atomic E-state index is 12.4. The molecule has 1 heterocycles. The smallest absolute Gasteiger partial charge is 0.278 e. The van der Waals surface area contributed by atoms with Crippen molar-refractivity contribution in [2.45, 2.75) is 18.4 Å². The van der Waals surface area contributed by atoms with Crippen LogP contribution >= 0.6 is 10.7 Å². The number of rotatable bonds is 2. The number of halogens is 3. The highest BCUT2D eigenvalue weighted by Crippen LogP contribution is 2.20. The van der Waals surface area contributed by atoms with Gasteiger partial charge in [0.25, 0.3) is 15.5 Å². The summed E-state index contributed by atoms with van der Waals surface area (Å²) in [6.07, 6.45) is -2.96. The molecular formula is C7H6ClF2NO3S. The van der Waals surface area contributed by atoms with E-state index in [2.05, 4.69) is 0 Å². The Labute approximate surface area is 88.3 Å². The molecule has 0 spiro atoms. The third kappa shape index (κ3) is 2.54. The molecule has 1 aromatic heterocycles. The topological polar surface area (TPSA) is 67.0 Å². The van der Waals surface area contributed by atoms with Crippen LogP contribution in [0.2, 0.25) is 0 Å². The predicted octanol–water partition coefficient (Wildman–Crippen LogP) is 1.55. The van der Waals surface area contributed by atoms with Gasteiger partial charge in [-0.15, -0.1) is 0 Å². The van der Waals surface area contributed by atoms with E-state index in [0.29, 0.717) is 6.07 Å². The van der Waals surface area contributed by atoms with Crippen LogP contribution in [0.4, 0.5) is 8.78 Å². The van der Waals surface area contributed by atoms with Gasteiger partial charge >= 0.3 is 0 Å². The number of hydrogen-bond donors (Lipinski definition) is 1. The van der Waals surface area contributed by atoms with Crippen molar-refractivity contribution in [3.05, 3.63) is 27.5 Å². The number of pyridine rings is 1. The van der Waals surface area contributed by atoms with E-state index in [9.17, 15) is 22.0 Å². The summed E-state index contributed by atoms with van der Waals surface area (Å²) >= 11 is 0. The fourth-order valence-electron chi connectivity index (χ4n) is 0.972. The van der Waals surface area contributed by atoms with Gasteiger partial charge in [0.15, 0.2) is 10.5 Å². The average Bonchev–Trinajstić information content (AvgIpc) is 2.06. The Kier molecular flexibility index (Phi) is 3.15. The fraction of sp³-hybridized carbons (Fsp3) is 0.286. The van der Waals surface area contributed by atoms with Crippen molar-refractivity contribution in [3.63, 3.8) is 0 Å². The monoisotopic (exact) mass is 257 g/mol. The van der Waals surface area contributed by atoms with E-state index in [1.807, 2.05) is 4.98 Å². The molecule has 0 aliphatic heterocycles. The molecule has 0 radical (unpaired) electrons. The highest BCUT2D eigenvalue weighted by molar-refractivity contribution is 8.13. The molecule has 0 saturated heterocycles. The van der Waals surface area contributed by atoms with Gasteiger partial charge in [-0.05, 0) is 6.92 Å². The van der Waals surface area contributed by atoms with Crippen molar-refractivity contribution in [2.75, 3.05) is 0 Å². The van der Waals surface area contributed by atoms with Gasteiger partial charge < -0.3 is 4.98 Å². The van der Waals surface area contributed by atoms with Crippen molar-refractivity contribution in [3.8, 4) is 0 Å². The van der Waals surface area contributed by atoms with Crippen LogP contribution < -0.4 is 5.43 Å². The third-order valence-corrected chi connectivity index (χ3v) is 3.02. The number of aromatic nitrogens is 1. The minimum atomic E-state index is -4.21. The Bertz CT molecular complexity index is 538. The van der Waals surface area contributed by atoms with E-state index in [1.165, 1.54) is 6.92 Å². The summed E-state index contributed by atoms with van der Waals surface area (Å²) < 4.78 is 46.4. The number of nitrogens with one attached hydrogen (secondary N) is 1. The van der Waals surface area contributed by atoms with E-state index in [-0.39, 0.29) is 5.56 Å². The molecule has 84 valence electrons. The summed E-state index contributed by atoms with van der Waals surface area (Å²) in [5.74, 6) is 0. The zero-order valence-corrected chi connectivity index (χ0v) is 8.99. The van der Waals surface area contributed by atoms with Crippen molar-refractivity contribution >= 4 is 19.7 Å². The zero-order chi connectivity index (χ0) is 11.8. The maximum Gasteiger partial charge on any atom is 0.278 e. The number of hydrogen-bond acceptors (Lipinski definition) is 3. The van der Waals surface area contributed by atoms with E-state index in [1.54, 1.807) is 0 Å². The van der Waals surface area contributed by atoms with Gasteiger partial charge in [0.2, 0.25) is 0 Å². The number of H-pyrrole nitrogens is 1. The molecule has 0 saturated carbocycles. The Hall–Kier alpha value is -0.950. The summed E-state index contributed by atoms with van der Waals surface area (Å²) in [6, 6.07) is 0.670. The van der Waals surface area contributed by atoms with Crippen LogP contribution in [0.3, 0.4) is 0 Å². The van der Waals surface area contributed by atoms with Gasteiger partial charge in [-0.25, -0.2) is 17.2 Å². The second-order valence-corrected chi connectivity index (χ2v) is 5.31.